The monoisotopic (exact) mass is 731 g/mol. The molecule has 1 atom stereocenters. The number of allylic oxidation sites excluding steroid dienone is 6. The smallest absolute Gasteiger partial charge is 0.306 e. The molecule has 0 spiro atoms. The highest BCUT2D eigenvalue weighted by molar-refractivity contribution is 5.70. The Labute approximate surface area is 323 Å². The van der Waals surface area contributed by atoms with Crippen LogP contribution in [0.2, 0.25) is 0 Å². The van der Waals surface area contributed by atoms with Crippen LogP contribution in [-0.2, 0) is 23.8 Å². The van der Waals surface area contributed by atoms with Crippen LogP contribution in [0.25, 0.3) is 0 Å². The number of hydrogen-bond acceptors (Lipinski definition) is 5. The van der Waals surface area contributed by atoms with Gasteiger partial charge in [0.15, 0.2) is 6.10 Å². The highest BCUT2D eigenvalue weighted by Crippen LogP contribution is 2.13. The maximum atomic E-state index is 12.7. The minimum atomic E-state index is -0.541. The number of rotatable bonds is 41. The molecule has 0 fully saturated rings. The normalized spacial score (nSPS) is 12.4. The van der Waals surface area contributed by atoms with Crippen molar-refractivity contribution in [3.8, 4) is 0 Å². The number of ether oxygens (including phenoxy) is 3. The summed E-state index contributed by atoms with van der Waals surface area (Å²) >= 11 is 0. The van der Waals surface area contributed by atoms with Crippen LogP contribution in [0, 0.1) is 0 Å². The molecule has 0 aliphatic heterocycles. The zero-order valence-electron chi connectivity index (χ0n) is 34.8. The van der Waals surface area contributed by atoms with Crippen LogP contribution in [-0.4, -0.2) is 37.9 Å². The fraction of sp³-hybridized carbons (Fsp3) is 0.830. The van der Waals surface area contributed by atoms with E-state index in [9.17, 15) is 9.59 Å². The van der Waals surface area contributed by atoms with Gasteiger partial charge in [0.05, 0.1) is 6.61 Å². The summed E-state index contributed by atoms with van der Waals surface area (Å²) < 4.78 is 17.3. The van der Waals surface area contributed by atoms with Gasteiger partial charge in [-0.05, 0) is 83.5 Å². The van der Waals surface area contributed by atoms with E-state index in [2.05, 4.69) is 57.2 Å². The molecule has 0 aromatic carbocycles. The fourth-order valence-corrected chi connectivity index (χ4v) is 6.17. The first-order chi connectivity index (χ1) is 25.6. The van der Waals surface area contributed by atoms with Crippen LogP contribution in [0.4, 0.5) is 0 Å². The van der Waals surface area contributed by atoms with Gasteiger partial charge in [-0.1, -0.05) is 166 Å². The molecule has 5 nitrogen and oxygen atoms in total. The van der Waals surface area contributed by atoms with Gasteiger partial charge < -0.3 is 14.2 Å². The second-order valence-corrected chi connectivity index (χ2v) is 14.9. The zero-order valence-corrected chi connectivity index (χ0v) is 34.8. The van der Waals surface area contributed by atoms with Crippen LogP contribution < -0.4 is 0 Å². The van der Waals surface area contributed by atoms with E-state index in [0.717, 1.165) is 64.2 Å². The highest BCUT2D eigenvalue weighted by atomic mass is 16.6. The molecule has 304 valence electrons. The fourth-order valence-electron chi connectivity index (χ4n) is 6.17. The van der Waals surface area contributed by atoms with E-state index in [1.165, 1.54) is 128 Å². The predicted octanol–water partition coefficient (Wildman–Crippen LogP) is 14.7. The molecule has 0 saturated heterocycles. The third-order valence-electron chi connectivity index (χ3n) is 9.62. The van der Waals surface area contributed by atoms with Crippen LogP contribution in [0.5, 0.6) is 0 Å². The topological polar surface area (TPSA) is 61.8 Å². The Hall–Kier alpha value is -1.88. The van der Waals surface area contributed by atoms with Gasteiger partial charge in [0, 0.05) is 19.4 Å². The van der Waals surface area contributed by atoms with E-state index in [-0.39, 0.29) is 25.2 Å². The zero-order chi connectivity index (χ0) is 37.8. The van der Waals surface area contributed by atoms with Gasteiger partial charge in [-0.25, -0.2) is 0 Å². The average Bonchev–Trinajstić information content (AvgIpc) is 3.14. The Balaban J connectivity index is 4.26. The van der Waals surface area contributed by atoms with E-state index in [4.69, 9.17) is 14.2 Å². The van der Waals surface area contributed by atoms with Gasteiger partial charge >= 0.3 is 11.9 Å². The first-order valence-corrected chi connectivity index (χ1v) is 22.5. The molecule has 0 bridgehead atoms. The summed E-state index contributed by atoms with van der Waals surface area (Å²) in [6.07, 6.45) is 49.9. The molecule has 52 heavy (non-hydrogen) atoms. The van der Waals surface area contributed by atoms with Crippen molar-refractivity contribution in [3.63, 3.8) is 0 Å². The number of carbonyl (C=O) groups excluding carboxylic acids is 2. The summed E-state index contributed by atoms with van der Waals surface area (Å²) in [4.78, 5) is 25.2. The molecule has 0 heterocycles. The lowest BCUT2D eigenvalue weighted by molar-refractivity contribution is -0.163. The summed E-state index contributed by atoms with van der Waals surface area (Å²) in [5.74, 6) is -0.419. The second kappa shape index (κ2) is 43.5. The molecule has 0 saturated carbocycles. The Morgan fingerprint density at radius 3 is 1.23 bits per heavy atom. The van der Waals surface area contributed by atoms with Gasteiger partial charge in [0.1, 0.15) is 6.61 Å². The van der Waals surface area contributed by atoms with Crippen molar-refractivity contribution in [1.82, 2.24) is 0 Å². The van der Waals surface area contributed by atoms with E-state index >= 15 is 0 Å². The lowest BCUT2D eigenvalue weighted by Gasteiger charge is -2.18. The maximum Gasteiger partial charge on any atom is 0.306 e. The number of carbonyl (C=O) groups is 2. The van der Waals surface area contributed by atoms with Crippen LogP contribution >= 0.6 is 0 Å². The van der Waals surface area contributed by atoms with Crippen molar-refractivity contribution in [2.45, 2.75) is 232 Å². The molecule has 0 N–H and O–H groups in total. The quantitative estimate of drug-likeness (QED) is 0.0356. The summed E-state index contributed by atoms with van der Waals surface area (Å²) in [7, 11) is 0. The number of unbranched alkanes of at least 4 members (excludes halogenated alkanes) is 24. The van der Waals surface area contributed by atoms with Crippen LogP contribution in [0.1, 0.15) is 226 Å². The molecule has 0 rings (SSSR count). The molecule has 1 unspecified atom stereocenters. The predicted molar refractivity (Wildman–Crippen MR) is 224 cm³/mol. The van der Waals surface area contributed by atoms with E-state index in [1.807, 2.05) is 0 Å². The van der Waals surface area contributed by atoms with Crippen molar-refractivity contribution >= 4 is 11.9 Å². The minimum Gasteiger partial charge on any atom is -0.462 e. The Bertz CT molecular complexity index is 832. The summed E-state index contributed by atoms with van der Waals surface area (Å²) in [6, 6.07) is 0. The molecule has 0 amide bonds. The molecule has 0 aliphatic rings. The van der Waals surface area contributed by atoms with E-state index in [1.54, 1.807) is 0 Å². The molecular formula is C47H86O5. The summed E-state index contributed by atoms with van der Waals surface area (Å²) in [5.41, 5.74) is 0. The van der Waals surface area contributed by atoms with E-state index < -0.39 is 6.10 Å². The van der Waals surface area contributed by atoms with Gasteiger partial charge in [-0.15, -0.1) is 0 Å². The average molecular weight is 731 g/mol. The SMILES string of the molecule is CCCC/C=C\CCCCCCCC(=O)OCC(COCCCCCCCC/C=C\CCCCCC)OC(=O)CCCCCCC/C=C\CCCC. The van der Waals surface area contributed by atoms with Crippen LogP contribution in [0.3, 0.4) is 0 Å². The minimum absolute atomic E-state index is 0.0773. The lowest BCUT2D eigenvalue weighted by Crippen LogP contribution is -2.30. The number of esters is 2. The summed E-state index contributed by atoms with van der Waals surface area (Å²) in [5, 5.41) is 0. The molecular weight excluding hydrogens is 645 g/mol. The van der Waals surface area contributed by atoms with Crippen molar-refractivity contribution < 1.29 is 23.8 Å². The first-order valence-electron chi connectivity index (χ1n) is 22.5. The standard InChI is InChI=1S/C47H86O5/c1-4-7-10-13-16-19-22-23-24-27-30-33-36-39-42-50-43-45(52-47(49)41-38-35-32-29-26-21-18-15-12-9-6-3)44-51-46(48)40-37-34-31-28-25-20-17-14-11-8-5-2/h14-15,17-19,22,45H,4-13,16,20-21,23-44H2,1-3H3/b17-14-,18-15-,22-19-. The van der Waals surface area contributed by atoms with Crippen molar-refractivity contribution in [2.24, 2.45) is 0 Å². The van der Waals surface area contributed by atoms with Gasteiger partial charge in [0.2, 0.25) is 0 Å². The Morgan fingerprint density at radius 1 is 0.404 bits per heavy atom. The van der Waals surface area contributed by atoms with Gasteiger partial charge in [-0.3, -0.25) is 9.59 Å². The highest BCUT2D eigenvalue weighted by Gasteiger charge is 2.17. The third-order valence-corrected chi connectivity index (χ3v) is 9.62. The Morgan fingerprint density at radius 2 is 0.769 bits per heavy atom. The summed E-state index contributed by atoms with van der Waals surface area (Å²) in [6.45, 7) is 7.72. The molecule has 0 aliphatic carbocycles. The Kier molecular flexibility index (Phi) is 42.0. The first kappa shape index (κ1) is 50.1. The van der Waals surface area contributed by atoms with Crippen molar-refractivity contribution in [3.05, 3.63) is 36.5 Å². The molecule has 0 aromatic rings. The molecule has 5 heteroatoms. The van der Waals surface area contributed by atoms with Crippen molar-refractivity contribution in [2.75, 3.05) is 19.8 Å². The largest absolute Gasteiger partial charge is 0.462 e. The van der Waals surface area contributed by atoms with Gasteiger partial charge in [0.25, 0.3) is 0 Å². The van der Waals surface area contributed by atoms with Crippen LogP contribution in [0.15, 0.2) is 36.5 Å². The molecule has 0 aromatic heterocycles. The van der Waals surface area contributed by atoms with Gasteiger partial charge in [-0.2, -0.15) is 0 Å². The maximum absolute atomic E-state index is 12.7. The lowest BCUT2D eigenvalue weighted by atomic mass is 10.1. The van der Waals surface area contributed by atoms with Crippen molar-refractivity contribution in [1.29, 1.82) is 0 Å². The van der Waals surface area contributed by atoms with E-state index in [0.29, 0.717) is 19.4 Å². The molecule has 0 radical (unpaired) electrons. The second-order valence-electron chi connectivity index (χ2n) is 14.9. The third kappa shape index (κ3) is 40.9. The number of hydrogen-bond donors (Lipinski definition) is 0.